The Morgan fingerprint density at radius 2 is 1.29 bits per heavy atom. The van der Waals surface area contributed by atoms with Gasteiger partial charge in [-0.3, -0.25) is 9.59 Å². The van der Waals surface area contributed by atoms with E-state index < -0.39 is 0 Å². The van der Waals surface area contributed by atoms with Gasteiger partial charge in [0.2, 0.25) is 0 Å². The van der Waals surface area contributed by atoms with Crippen molar-refractivity contribution in [2.24, 2.45) is 0 Å². The summed E-state index contributed by atoms with van der Waals surface area (Å²) in [4.78, 5) is 28.6. The van der Waals surface area contributed by atoms with Crippen molar-refractivity contribution < 1.29 is 18.4 Å². The number of likely N-dealkylation sites (N-methyl/N-ethyl adjacent to an activating group) is 2. The number of furan rings is 2. The minimum Gasteiger partial charge on any atom is -0.459 e. The maximum absolute atomic E-state index is 12.6. The second-order valence-electron chi connectivity index (χ2n) is 6.21. The Balaban J connectivity index is 1.77. The molecule has 0 spiro atoms. The Bertz CT molecular complexity index is 618. The van der Waals surface area contributed by atoms with Crippen molar-refractivity contribution in [2.75, 3.05) is 14.1 Å². The van der Waals surface area contributed by atoms with Gasteiger partial charge in [-0.05, 0) is 37.1 Å². The molecule has 6 heteroatoms. The molecular formula is C18H22N2O4. The number of carbonyl (C=O) groups is 2. The highest BCUT2D eigenvalue weighted by molar-refractivity contribution is 5.92. The summed E-state index contributed by atoms with van der Waals surface area (Å²) in [5.74, 6) is 0.329. The fourth-order valence-electron chi connectivity index (χ4n) is 3.44. The lowest BCUT2D eigenvalue weighted by Crippen LogP contribution is -2.54. The topological polar surface area (TPSA) is 66.9 Å². The van der Waals surface area contributed by atoms with Gasteiger partial charge in [-0.25, -0.2) is 0 Å². The lowest BCUT2D eigenvalue weighted by molar-refractivity contribution is 0.0390. The first kappa shape index (κ1) is 16.4. The van der Waals surface area contributed by atoms with Crippen LogP contribution < -0.4 is 0 Å². The van der Waals surface area contributed by atoms with Gasteiger partial charge in [-0.1, -0.05) is 12.8 Å². The predicted molar refractivity (Wildman–Crippen MR) is 87.6 cm³/mol. The maximum Gasteiger partial charge on any atom is 0.289 e. The average molecular weight is 330 g/mol. The van der Waals surface area contributed by atoms with Crippen molar-refractivity contribution in [3.63, 3.8) is 0 Å². The zero-order valence-corrected chi connectivity index (χ0v) is 14.0. The summed E-state index contributed by atoms with van der Waals surface area (Å²) in [6.45, 7) is 0. The van der Waals surface area contributed by atoms with E-state index in [1.165, 1.54) is 12.5 Å². The molecule has 1 fully saturated rings. The van der Waals surface area contributed by atoms with E-state index in [2.05, 4.69) is 0 Å². The second-order valence-corrected chi connectivity index (χ2v) is 6.21. The Kier molecular flexibility index (Phi) is 4.74. The summed E-state index contributed by atoms with van der Waals surface area (Å²) in [7, 11) is 3.55. The Labute approximate surface area is 141 Å². The molecule has 6 nitrogen and oxygen atoms in total. The molecule has 2 amide bonds. The molecule has 1 saturated carbocycles. The molecule has 2 heterocycles. The van der Waals surface area contributed by atoms with Gasteiger partial charge < -0.3 is 18.6 Å². The van der Waals surface area contributed by atoms with E-state index in [9.17, 15) is 9.59 Å². The fourth-order valence-corrected chi connectivity index (χ4v) is 3.44. The van der Waals surface area contributed by atoms with Crippen LogP contribution in [0.15, 0.2) is 45.6 Å². The number of amides is 2. The molecule has 0 bridgehead atoms. The van der Waals surface area contributed by atoms with E-state index in [0.29, 0.717) is 11.5 Å². The first-order chi connectivity index (χ1) is 11.6. The molecule has 0 aliphatic heterocycles. The molecular weight excluding hydrogens is 308 g/mol. The molecule has 0 radical (unpaired) electrons. The quantitative estimate of drug-likeness (QED) is 0.864. The van der Waals surface area contributed by atoms with Crippen LogP contribution in [0.4, 0.5) is 0 Å². The van der Waals surface area contributed by atoms with E-state index in [1.807, 2.05) is 0 Å². The van der Waals surface area contributed by atoms with Crippen LogP contribution in [0.1, 0.15) is 46.8 Å². The van der Waals surface area contributed by atoms with Crippen LogP contribution in [-0.2, 0) is 0 Å². The highest BCUT2D eigenvalue weighted by Gasteiger charge is 2.36. The highest BCUT2D eigenvalue weighted by Crippen LogP contribution is 2.28. The van der Waals surface area contributed by atoms with Crippen LogP contribution in [0.3, 0.4) is 0 Å². The number of carbonyl (C=O) groups excluding carboxylic acids is 2. The average Bonchev–Trinajstić information content (AvgIpc) is 3.32. The van der Waals surface area contributed by atoms with Gasteiger partial charge in [0.25, 0.3) is 11.8 Å². The Hall–Kier alpha value is -2.50. The molecule has 1 aliphatic carbocycles. The third kappa shape index (κ3) is 3.09. The van der Waals surface area contributed by atoms with E-state index >= 15 is 0 Å². The number of hydrogen-bond donors (Lipinski definition) is 0. The lowest BCUT2D eigenvalue weighted by Gasteiger charge is -2.41. The summed E-state index contributed by atoms with van der Waals surface area (Å²) in [6, 6.07) is 6.64. The molecule has 2 aromatic rings. The molecule has 128 valence electrons. The number of nitrogens with zero attached hydrogens (tertiary/aromatic N) is 2. The summed E-state index contributed by atoms with van der Waals surface area (Å²) >= 11 is 0. The summed E-state index contributed by atoms with van der Waals surface area (Å²) in [6.07, 6.45) is 6.80. The third-order valence-corrected chi connectivity index (χ3v) is 4.79. The van der Waals surface area contributed by atoms with Crippen molar-refractivity contribution in [2.45, 2.75) is 37.8 Å². The molecule has 0 saturated heterocycles. The summed E-state index contributed by atoms with van der Waals surface area (Å²) < 4.78 is 10.4. The Morgan fingerprint density at radius 1 is 0.875 bits per heavy atom. The van der Waals surface area contributed by atoms with Gasteiger partial charge >= 0.3 is 0 Å². The monoisotopic (exact) mass is 330 g/mol. The Morgan fingerprint density at radius 3 is 1.62 bits per heavy atom. The minimum absolute atomic E-state index is 0.0414. The van der Waals surface area contributed by atoms with Crippen LogP contribution in [0.5, 0.6) is 0 Å². The zero-order valence-electron chi connectivity index (χ0n) is 14.0. The lowest BCUT2D eigenvalue weighted by atomic mass is 9.88. The van der Waals surface area contributed by atoms with Gasteiger partial charge in [-0.15, -0.1) is 0 Å². The van der Waals surface area contributed by atoms with E-state index in [1.54, 1.807) is 48.2 Å². The van der Waals surface area contributed by atoms with E-state index in [4.69, 9.17) is 8.83 Å². The molecule has 1 aliphatic rings. The number of hydrogen-bond acceptors (Lipinski definition) is 4. The van der Waals surface area contributed by atoms with Crippen molar-refractivity contribution >= 4 is 11.8 Å². The van der Waals surface area contributed by atoms with Gasteiger partial charge in [-0.2, -0.15) is 0 Å². The first-order valence-corrected chi connectivity index (χ1v) is 8.21. The molecule has 2 aromatic heterocycles. The minimum atomic E-state index is -0.157. The molecule has 0 aromatic carbocycles. The number of rotatable bonds is 4. The zero-order chi connectivity index (χ0) is 17.1. The van der Waals surface area contributed by atoms with E-state index in [0.717, 1.165) is 25.7 Å². The van der Waals surface area contributed by atoms with Crippen LogP contribution in [0, 0.1) is 0 Å². The smallest absolute Gasteiger partial charge is 0.289 e. The van der Waals surface area contributed by atoms with Crippen molar-refractivity contribution in [3.8, 4) is 0 Å². The van der Waals surface area contributed by atoms with Crippen LogP contribution in [-0.4, -0.2) is 47.8 Å². The molecule has 0 N–H and O–H groups in total. The second kappa shape index (κ2) is 6.95. The molecule has 24 heavy (non-hydrogen) atoms. The molecule has 2 atom stereocenters. The standard InChI is InChI=1S/C18H22N2O4/c1-19(17(21)15-9-5-11-23-15)13-7-3-4-8-14(13)20(2)18(22)16-10-6-12-24-16/h5-6,9-14H,3-4,7-8H2,1-2H3/t13-,14-/m1/s1. The fraction of sp³-hybridized carbons (Fsp3) is 0.444. The van der Waals surface area contributed by atoms with Gasteiger partial charge in [0, 0.05) is 14.1 Å². The van der Waals surface area contributed by atoms with Gasteiger partial charge in [0.05, 0.1) is 24.6 Å². The SMILES string of the molecule is CN(C(=O)c1ccco1)[C@@H]1CCCC[C@H]1N(C)C(=O)c1ccco1. The third-order valence-electron chi connectivity index (χ3n) is 4.79. The molecule has 0 unspecified atom stereocenters. The van der Waals surface area contributed by atoms with Gasteiger partial charge in [0.15, 0.2) is 11.5 Å². The van der Waals surface area contributed by atoms with Crippen molar-refractivity contribution in [1.29, 1.82) is 0 Å². The van der Waals surface area contributed by atoms with Crippen LogP contribution in [0.25, 0.3) is 0 Å². The largest absolute Gasteiger partial charge is 0.459 e. The van der Waals surface area contributed by atoms with Crippen LogP contribution in [0.2, 0.25) is 0 Å². The van der Waals surface area contributed by atoms with Crippen molar-refractivity contribution in [1.82, 2.24) is 9.80 Å². The van der Waals surface area contributed by atoms with E-state index in [-0.39, 0.29) is 23.9 Å². The summed E-state index contributed by atoms with van der Waals surface area (Å²) in [5.41, 5.74) is 0. The summed E-state index contributed by atoms with van der Waals surface area (Å²) in [5, 5.41) is 0. The maximum atomic E-state index is 12.6. The first-order valence-electron chi connectivity index (χ1n) is 8.21. The highest BCUT2D eigenvalue weighted by atomic mass is 16.3. The van der Waals surface area contributed by atoms with Crippen LogP contribution >= 0.6 is 0 Å². The predicted octanol–water partition coefficient (Wildman–Crippen LogP) is 3.03. The van der Waals surface area contributed by atoms with Gasteiger partial charge in [0.1, 0.15) is 0 Å². The van der Waals surface area contributed by atoms with Crippen molar-refractivity contribution in [3.05, 3.63) is 48.3 Å². The molecule has 3 rings (SSSR count). The normalized spacial score (nSPS) is 20.6.